The molecule has 27 heavy (non-hydrogen) atoms. The van der Waals surface area contributed by atoms with E-state index >= 15 is 0 Å². The molecule has 0 radical (unpaired) electrons. The number of aryl methyl sites for hydroxylation is 1. The summed E-state index contributed by atoms with van der Waals surface area (Å²) in [6.07, 6.45) is 7.25. The maximum absolute atomic E-state index is 12.8. The number of rotatable bonds is 7. The van der Waals surface area contributed by atoms with Crippen LogP contribution in [0.2, 0.25) is 0 Å². The van der Waals surface area contributed by atoms with Gasteiger partial charge in [0.15, 0.2) is 0 Å². The maximum Gasteiger partial charge on any atom is 0.252 e. The van der Waals surface area contributed by atoms with E-state index in [-0.39, 0.29) is 22.4 Å². The Kier molecular flexibility index (Phi) is 5.51. The van der Waals surface area contributed by atoms with Crippen LogP contribution in [0.4, 0.5) is 0 Å². The highest BCUT2D eigenvalue weighted by Gasteiger charge is 2.31. The molecule has 1 aliphatic rings. The van der Waals surface area contributed by atoms with Crippen LogP contribution in [0.3, 0.4) is 0 Å². The third kappa shape index (κ3) is 3.98. The van der Waals surface area contributed by atoms with Gasteiger partial charge in [-0.3, -0.25) is 9.48 Å². The summed E-state index contributed by atoms with van der Waals surface area (Å²) < 4.78 is 26.7. The van der Waals surface area contributed by atoms with Gasteiger partial charge in [0, 0.05) is 35.8 Å². The second-order valence-electron chi connectivity index (χ2n) is 6.94. The number of sulfone groups is 1. The Bertz CT molecular complexity index is 984. The van der Waals surface area contributed by atoms with Crippen LogP contribution in [0.5, 0.6) is 0 Å². The van der Waals surface area contributed by atoms with Crippen molar-refractivity contribution in [1.82, 2.24) is 15.1 Å². The van der Waals surface area contributed by atoms with Crippen molar-refractivity contribution in [1.29, 1.82) is 0 Å². The van der Waals surface area contributed by atoms with Crippen molar-refractivity contribution < 1.29 is 13.2 Å². The lowest BCUT2D eigenvalue weighted by molar-refractivity contribution is -0.116. The molecule has 0 saturated carbocycles. The van der Waals surface area contributed by atoms with Crippen molar-refractivity contribution in [2.75, 3.05) is 0 Å². The number of benzene rings is 1. The Morgan fingerprint density at radius 2 is 1.89 bits per heavy atom. The Morgan fingerprint density at radius 3 is 2.48 bits per heavy atom. The first-order chi connectivity index (χ1) is 12.9. The van der Waals surface area contributed by atoms with E-state index in [9.17, 15) is 13.2 Å². The molecule has 0 unspecified atom stereocenters. The minimum absolute atomic E-state index is 0.0571. The van der Waals surface area contributed by atoms with Gasteiger partial charge in [-0.2, -0.15) is 5.10 Å². The average Bonchev–Trinajstić information content (AvgIpc) is 3.16. The molecule has 0 aliphatic carbocycles. The fourth-order valence-corrected chi connectivity index (χ4v) is 4.85. The van der Waals surface area contributed by atoms with Gasteiger partial charge in [0.05, 0.1) is 16.7 Å². The number of hydrogen-bond donors (Lipinski definition) is 1. The van der Waals surface area contributed by atoms with E-state index in [0.717, 1.165) is 42.2 Å². The SMILES string of the molecule is CCCC(CCC)NC(=O)C1=CS(=O)(=O)c2ccc(-c3cnn(C)c3)cc21. The van der Waals surface area contributed by atoms with Crippen LogP contribution < -0.4 is 5.32 Å². The number of aromatic nitrogens is 2. The molecule has 1 aliphatic heterocycles. The van der Waals surface area contributed by atoms with E-state index in [1.807, 2.05) is 13.2 Å². The lowest BCUT2D eigenvalue weighted by Gasteiger charge is -2.18. The van der Waals surface area contributed by atoms with Crippen LogP contribution in [0.25, 0.3) is 16.7 Å². The molecular formula is C20H25N3O3S. The zero-order valence-electron chi connectivity index (χ0n) is 15.9. The van der Waals surface area contributed by atoms with E-state index < -0.39 is 9.84 Å². The van der Waals surface area contributed by atoms with Gasteiger partial charge in [-0.1, -0.05) is 32.8 Å². The number of carbonyl (C=O) groups excluding carboxylic acids is 1. The molecule has 1 N–H and O–H groups in total. The monoisotopic (exact) mass is 387 g/mol. The molecular weight excluding hydrogens is 362 g/mol. The summed E-state index contributed by atoms with van der Waals surface area (Å²) in [5.74, 6) is -0.326. The van der Waals surface area contributed by atoms with Crippen molar-refractivity contribution in [2.45, 2.75) is 50.5 Å². The first-order valence-electron chi connectivity index (χ1n) is 9.26. The van der Waals surface area contributed by atoms with Crippen LogP contribution in [-0.4, -0.2) is 30.1 Å². The molecule has 3 rings (SSSR count). The van der Waals surface area contributed by atoms with Crippen molar-refractivity contribution in [3.63, 3.8) is 0 Å². The fourth-order valence-electron chi connectivity index (χ4n) is 3.45. The Morgan fingerprint density at radius 1 is 1.19 bits per heavy atom. The molecule has 1 amide bonds. The number of amides is 1. The smallest absolute Gasteiger partial charge is 0.252 e. The van der Waals surface area contributed by atoms with E-state index in [1.165, 1.54) is 0 Å². The Labute approximate surface area is 160 Å². The lowest BCUT2D eigenvalue weighted by atomic mass is 10.00. The molecule has 1 aromatic heterocycles. The fraction of sp³-hybridized carbons (Fsp3) is 0.400. The molecule has 0 fully saturated rings. The van der Waals surface area contributed by atoms with Crippen LogP contribution in [0.15, 0.2) is 40.9 Å². The number of hydrogen-bond acceptors (Lipinski definition) is 4. The minimum Gasteiger partial charge on any atom is -0.349 e. The first kappa shape index (κ1) is 19.4. The normalized spacial score (nSPS) is 14.9. The standard InChI is InChI=1S/C20H25N3O3S/c1-4-6-16(7-5-2)22-20(24)18-13-27(25,26)19-9-8-14(10-17(18)19)15-11-21-23(3)12-15/h8-13,16H,4-7H2,1-3H3,(H,22,24). The number of carbonyl (C=O) groups is 1. The van der Waals surface area contributed by atoms with Gasteiger partial charge in [0.1, 0.15) is 0 Å². The minimum atomic E-state index is -3.60. The molecule has 144 valence electrons. The van der Waals surface area contributed by atoms with Gasteiger partial charge < -0.3 is 5.32 Å². The van der Waals surface area contributed by atoms with Crippen LogP contribution in [-0.2, 0) is 21.7 Å². The maximum atomic E-state index is 12.8. The summed E-state index contributed by atoms with van der Waals surface area (Å²) >= 11 is 0. The lowest BCUT2D eigenvalue weighted by Crippen LogP contribution is -2.35. The highest BCUT2D eigenvalue weighted by atomic mass is 32.2. The Hall–Kier alpha value is -2.41. The van der Waals surface area contributed by atoms with E-state index in [2.05, 4.69) is 24.3 Å². The van der Waals surface area contributed by atoms with Crippen LogP contribution in [0.1, 0.15) is 45.1 Å². The summed E-state index contributed by atoms with van der Waals surface area (Å²) in [6, 6.07) is 5.14. The molecule has 2 aromatic rings. The molecule has 0 spiro atoms. The topological polar surface area (TPSA) is 81.1 Å². The van der Waals surface area contributed by atoms with E-state index in [0.29, 0.717) is 5.56 Å². The zero-order valence-corrected chi connectivity index (χ0v) is 16.7. The largest absolute Gasteiger partial charge is 0.349 e. The van der Waals surface area contributed by atoms with Gasteiger partial charge >= 0.3 is 0 Å². The molecule has 2 heterocycles. The predicted octanol–water partition coefficient (Wildman–Crippen LogP) is 3.30. The predicted molar refractivity (Wildman–Crippen MR) is 106 cm³/mol. The molecule has 6 nitrogen and oxygen atoms in total. The van der Waals surface area contributed by atoms with Gasteiger partial charge in [-0.05, 0) is 30.5 Å². The van der Waals surface area contributed by atoms with Crippen LogP contribution in [0, 0.1) is 0 Å². The van der Waals surface area contributed by atoms with Gasteiger partial charge in [-0.25, -0.2) is 8.42 Å². The van der Waals surface area contributed by atoms with Crippen LogP contribution >= 0.6 is 0 Å². The summed E-state index contributed by atoms with van der Waals surface area (Å²) in [5, 5.41) is 8.26. The number of nitrogens with one attached hydrogen (secondary N) is 1. The van der Waals surface area contributed by atoms with Crippen molar-refractivity contribution in [3.8, 4) is 11.1 Å². The average molecular weight is 388 g/mol. The quantitative estimate of drug-likeness (QED) is 0.790. The summed E-state index contributed by atoms with van der Waals surface area (Å²) in [7, 11) is -1.78. The van der Waals surface area contributed by atoms with Gasteiger partial charge in [-0.15, -0.1) is 0 Å². The third-order valence-corrected chi connectivity index (χ3v) is 6.26. The second kappa shape index (κ2) is 7.68. The molecule has 0 atom stereocenters. The second-order valence-corrected chi connectivity index (χ2v) is 8.70. The zero-order chi connectivity index (χ0) is 19.6. The molecule has 0 bridgehead atoms. The van der Waals surface area contributed by atoms with Crippen molar-refractivity contribution in [2.24, 2.45) is 7.05 Å². The summed E-state index contributed by atoms with van der Waals surface area (Å²) in [6.45, 7) is 4.15. The first-order valence-corrected chi connectivity index (χ1v) is 10.8. The molecule has 0 saturated heterocycles. The summed E-state index contributed by atoms with van der Waals surface area (Å²) in [5.41, 5.74) is 2.38. The molecule has 1 aromatic carbocycles. The number of nitrogens with zero attached hydrogens (tertiary/aromatic N) is 2. The molecule has 7 heteroatoms. The highest BCUT2D eigenvalue weighted by molar-refractivity contribution is 7.95. The Balaban J connectivity index is 1.95. The van der Waals surface area contributed by atoms with Crippen molar-refractivity contribution >= 4 is 21.3 Å². The van der Waals surface area contributed by atoms with E-state index in [4.69, 9.17) is 0 Å². The van der Waals surface area contributed by atoms with Gasteiger partial charge in [0.2, 0.25) is 9.84 Å². The van der Waals surface area contributed by atoms with Crippen molar-refractivity contribution in [3.05, 3.63) is 41.6 Å². The number of fused-ring (bicyclic) bond motifs is 1. The highest BCUT2D eigenvalue weighted by Crippen LogP contribution is 2.36. The van der Waals surface area contributed by atoms with Gasteiger partial charge in [0.25, 0.3) is 5.91 Å². The third-order valence-electron chi connectivity index (χ3n) is 4.74. The van der Waals surface area contributed by atoms with E-state index in [1.54, 1.807) is 29.1 Å². The summed E-state index contributed by atoms with van der Waals surface area (Å²) in [4.78, 5) is 13.0.